The van der Waals surface area contributed by atoms with E-state index in [0.717, 1.165) is 3.79 Å². The molecule has 1 aliphatic heterocycles. The minimum atomic E-state index is -1.16. The Morgan fingerprint density at radius 3 is 2.67 bits per heavy atom. The number of amides is 3. The predicted molar refractivity (Wildman–Crippen MR) is 121 cm³/mol. The lowest BCUT2D eigenvalue weighted by Gasteiger charge is -2.25. The van der Waals surface area contributed by atoms with Crippen LogP contribution >= 0.6 is 38.9 Å². The van der Waals surface area contributed by atoms with Crippen LogP contribution < -0.4 is 15.5 Å². The van der Waals surface area contributed by atoms with E-state index in [1.54, 1.807) is 49.1 Å². The van der Waals surface area contributed by atoms with Crippen molar-refractivity contribution in [1.29, 1.82) is 0 Å². The maximum absolute atomic E-state index is 12.7. The zero-order valence-electron chi connectivity index (χ0n) is 16.5. The topological polar surface area (TPSA) is 87.7 Å². The first-order chi connectivity index (χ1) is 14.2. The monoisotopic (exact) mass is 513 g/mol. The number of rotatable bonds is 5. The van der Waals surface area contributed by atoms with E-state index in [4.69, 9.17) is 16.3 Å². The van der Waals surface area contributed by atoms with Crippen molar-refractivity contribution in [2.45, 2.75) is 25.8 Å². The number of carbonyl (C=O) groups excluding carboxylic acids is 3. The molecule has 1 aromatic heterocycles. The fourth-order valence-corrected chi connectivity index (χ4v) is 4.43. The number of hydrogen-bond acceptors (Lipinski definition) is 5. The van der Waals surface area contributed by atoms with Gasteiger partial charge in [-0.25, -0.2) is 0 Å². The van der Waals surface area contributed by atoms with Crippen LogP contribution in [0.2, 0.25) is 5.02 Å². The van der Waals surface area contributed by atoms with E-state index >= 15 is 0 Å². The van der Waals surface area contributed by atoms with E-state index in [2.05, 4.69) is 26.6 Å². The number of carbonyl (C=O) groups is 3. The van der Waals surface area contributed by atoms with Crippen molar-refractivity contribution in [3.8, 4) is 0 Å². The fourth-order valence-electron chi connectivity index (χ4n) is 2.86. The summed E-state index contributed by atoms with van der Waals surface area (Å²) in [6.07, 6.45) is 0.295. The molecule has 2 aromatic rings. The summed E-state index contributed by atoms with van der Waals surface area (Å²) in [5, 5.41) is 5.84. The molecule has 0 aliphatic carbocycles. The summed E-state index contributed by atoms with van der Waals surface area (Å²) in [4.78, 5) is 39.5. The summed E-state index contributed by atoms with van der Waals surface area (Å²) in [6, 6.07) is 8.41. The van der Waals surface area contributed by atoms with Crippen molar-refractivity contribution in [2.24, 2.45) is 0 Å². The lowest BCUT2D eigenvalue weighted by atomic mass is 10.0. The molecule has 0 bridgehead atoms. The number of nitrogens with one attached hydrogen (secondary N) is 2. The fraction of sp³-hybridized carbons (Fsp3) is 0.350. The number of thiophene rings is 1. The first-order valence-corrected chi connectivity index (χ1v) is 11.2. The molecule has 0 spiro atoms. The van der Waals surface area contributed by atoms with Crippen molar-refractivity contribution >= 4 is 68.0 Å². The second-order valence-corrected chi connectivity index (χ2v) is 10.1. The minimum Gasteiger partial charge on any atom is -0.379 e. The lowest BCUT2D eigenvalue weighted by Crippen LogP contribution is -2.52. The Morgan fingerprint density at radius 1 is 1.23 bits per heavy atom. The SMILES string of the molecule is CC(C)(NC(=O)c1ccc(Br)s1)C(=O)Nc1ccc(N2CCOCCC2=O)c(Cl)c1. The highest BCUT2D eigenvalue weighted by molar-refractivity contribution is 9.11. The summed E-state index contributed by atoms with van der Waals surface area (Å²) in [7, 11) is 0. The van der Waals surface area contributed by atoms with Crippen LogP contribution in [0.15, 0.2) is 34.1 Å². The van der Waals surface area contributed by atoms with Crippen LogP contribution in [0.25, 0.3) is 0 Å². The molecule has 0 saturated carbocycles. The zero-order valence-corrected chi connectivity index (χ0v) is 19.6. The van der Waals surface area contributed by atoms with E-state index < -0.39 is 11.4 Å². The van der Waals surface area contributed by atoms with Gasteiger partial charge in [-0.15, -0.1) is 11.3 Å². The molecule has 1 fully saturated rings. The van der Waals surface area contributed by atoms with Gasteiger partial charge in [0.1, 0.15) is 5.54 Å². The van der Waals surface area contributed by atoms with Crippen LogP contribution in [0.3, 0.4) is 0 Å². The normalized spacial score (nSPS) is 14.9. The van der Waals surface area contributed by atoms with Crippen LogP contribution in [0.1, 0.15) is 29.9 Å². The number of nitrogens with zero attached hydrogens (tertiary/aromatic N) is 1. The molecule has 30 heavy (non-hydrogen) atoms. The molecule has 0 atom stereocenters. The highest BCUT2D eigenvalue weighted by atomic mass is 79.9. The third-order valence-electron chi connectivity index (χ3n) is 4.51. The third-order valence-corrected chi connectivity index (χ3v) is 6.43. The Morgan fingerprint density at radius 2 is 2.00 bits per heavy atom. The molecule has 0 radical (unpaired) electrons. The van der Waals surface area contributed by atoms with Crippen LogP contribution in [0, 0.1) is 0 Å². The molecule has 3 amide bonds. The smallest absolute Gasteiger partial charge is 0.262 e. The molecule has 10 heteroatoms. The van der Waals surface area contributed by atoms with Gasteiger partial charge in [0.15, 0.2) is 0 Å². The molecule has 1 aromatic carbocycles. The van der Waals surface area contributed by atoms with Crippen LogP contribution in [0.5, 0.6) is 0 Å². The van der Waals surface area contributed by atoms with Crippen LogP contribution in [-0.2, 0) is 14.3 Å². The molecule has 1 aliphatic rings. The Labute approximate surface area is 191 Å². The maximum atomic E-state index is 12.7. The van der Waals surface area contributed by atoms with E-state index in [9.17, 15) is 14.4 Å². The number of benzene rings is 1. The largest absolute Gasteiger partial charge is 0.379 e. The number of halogens is 2. The molecule has 0 unspecified atom stereocenters. The molecule has 2 N–H and O–H groups in total. The van der Waals surface area contributed by atoms with Gasteiger partial charge < -0.3 is 20.3 Å². The molecular weight excluding hydrogens is 494 g/mol. The summed E-state index contributed by atoms with van der Waals surface area (Å²) >= 11 is 11.0. The van der Waals surface area contributed by atoms with Gasteiger partial charge in [-0.2, -0.15) is 0 Å². The first-order valence-electron chi connectivity index (χ1n) is 9.24. The van der Waals surface area contributed by atoms with Crippen LogP contribution in [-0.4, -0.2) is 43.0 Å². The number of anilines is 2. The van der Waals surface area contributed by atoms with E-state index in [1.165, 1.54) is 11.3 Å². The quantitative estimate of drug-likeness (QED) is 0.630. The molecule has 1 saturated heterocycles. The van der Waals surface area contributed by atoms with Gasteiger partial charge >= 0.3 is 0 Å². The van der Waals surface area contributed by atoms with Gasteiger partial charge in [-0.1, -0.05) is 11.6 Å². The van der Waals surface area contributed by atoms with E-state index in [0.29, 0.717) is 47.5 Å². The summed E-state index contributed by atoms with van der Waals surface area (Å²) in [6.45, 7) is 4.49. The zero-order chi connectivity index (χ0) is 21.9. The van der Waals surface area contributed by atoms with Gasteiger partial charge in [-0.05, 0) is 60.1 Å². The summed E-state index contributed by atoms with van der Waals surface area (Å²) in [5.74, 6) is -0.786. The Balaban J connectivity index is 1.69. The predicted octanol–water partition coefficient (Wildman–Crippen LogP) is 4.06. The standard InChI is InChI=1S/C20H21BrClN3O4S/c1-20(2,24-18(27)15-5-6-16(21)30-15)19(28)23-12-3-4-14(13(22)11-12)25-8-10-29-9-7-17(25)26/h3-6,11H,7-10H2,1-2H3,(H,23,28)(H,24,27). The Bertz CT molecular complexity index is 979. The molecule has 160 valence electrons. The van der Waals surface area contributed by atoms with Gasteiger partial charge in [0.2, 0.25) is 11.8 Å². The van der Waals surface area contributed by atoms with Gasteiger partial charge in [0.25, 0.3) is 5.91 Å². The van der Waals surface area contributed by atoms with Crippen molar-refractivity contribution < 1.29 is 19.1 Å². The third kappa shape index (κ3) is 5.40. The molecule has 2 heterocycles. The van der Waals surface area contributed by atoms with Gasteiger partial charge in [-0.3, -0.25) is 14.4 Å². The average Bonchev–Trinajstić information content (AvgIpc) is 3.00. The van der Waals surface area contributed by atoms with Gasteiger partial charge in [0, 0.05) is 12.2 Å². The maximum Gasteiger partial charge on any atom is 0.262 e. The van der Waals surface area contributed by atoms with Crippen molar-refractivity contribution in [1.82, 2.24) is 5.32 Å². The average molecular weight is 515 g/mol. The minimum absolute atomic E-state index is 0.0600. The summed E-state index contributed by atoms with van der Waals surface area (Å²) < 4.78 is 6.17. The van der Waals surface area contributed by atoms with E-state index in [-0.39, 0.29) is 11.8 Å². The molecule has 7 nitrogen and oxygen atoms in total. The molecule has 3 rings (SSSR count). The molecular formula is C20H21BrClN3O4S. The Kier molecular flexibility index (Phi) is 7.18. The first kappa shape index (κ1) is 22.7. The highest BCUT2D eigenvalue weighted by Crippen LogP contribution is 2.30. The van der Waals surface area contributed by atoms with E-state index in [1.807, 2.05) is 0 Å². The lowest BCUT2D eigenvalue weighted by molar-refractivity contribution is -0.121. The Hall–Kier alpha value is -1.94. The van der Waals surface area contributed by atoms with Crippen molar-refractivity contribution in [2.75, 3.05) is 30.0 Å². The van der Waals surface area contributed by atoms with Crippen molar-refractivity contribution in [3.63, 3.8) is 0 Å². The second-order valence-electron chi connectivity index (χ2n) is 7.21. The number of hydrogen-bond donors (Lipinski definition) is 2. The van der Waals surface area contributed by atoms with Gasteiger partial charge in [0.05, 0.1) is 39.0 Å². The van der Waals surface area contributed by atoms with Crippen LogP contribution in [0.4, 0.5) is 11.4 Å². The second kappa shape index (κ2) is 9.47. The van der Waals surface area contributed by atoms with Crippen molar-refractivity contribution in [3.05, 3.63) is 44.0 Å². The highest BCUT2D eigenvalue weighted by Gasteiger charge is 2.30. The summed E-state index contributed by atoms with van der Waals surface area (Å²) in [5.41, 5.74) is -0.119. The number of ether oxygens (including phenoxy) is 1.